The number of aliphatic hydroxyl groups is 2. The summed E-state index contributed by atoms with van der Waals surface area (Å²) >= 11 is 23.3. The second-order valence-corrected chi connectivity index (χ2v) is 16.6. The molecule has 0 unspecified atom stereocenters. The fraction of sp³-hybridized carbons (Fsp3) is 0.314. The van der Waals surface area contributed by atoms with E-state index in [1.54, 1.807) is 30.5 Å². The van der Waals surface area contributed by atoms with Crippen LogP contribution in [-0.2, 0) is 18.4 Å². The normalized spacial score (nSPS) is 11.6. The van der Waals surface area contributed by atoms with Crippen molar-refractivity contribution < 1.29 is 24.4 Å². The predicted molar refractivity (Wildman–Crippen MR) is 192 cm³/mol. The van der Waals surface area contributed by atoms with E-state index in [-0.39, 0.29) is 26.4 Å². The van der Waals surface area contributed by atoms with E-state index in [2.05, 4.69) is 27.0 Å². The van der Waals surface area contributed by atoms with Gasteiger partial charge in [-0.3, -0.25) is 0 Å². The number of rotatable bonds is 16. The second kappa shape index (κ2) is 17.8. The molecule has 0 amide bonds. The van der Waals surface area contributed by atoms with Crippen LogP contribution >= 0.6 is 50.7 Å². The van der Waals surface area contributed by atoms with Gasteiger partial charge in [-0.1, -0.05) is 22.0 Å². The summed E-state index contributed by atoms with van der Waals surface area (Å²) in [5, 5.41) is 31.7. The molecule has 0 saturated carbocycles. The van der Waals surface area contributed by atoms with Gasteiger partial charge in [0.25, 0.3) is 0 Å². The van der Waals surface area contributed by atoms with Crippen LogP contribution in [0.15, 0.2) is 60.9 Å². The second-order valence-electron chi connectivity index (χ2n) is 11.0. The monoisotopic (exact) mass is 821 g/mol. The number of hydrogen-bond donors (Lipinski definition) is 2. The number of halogens is 4. The minimum absolute atomic E-state index is 0.106. The number of aliphatic hydroxyl groups excluding tert-OH is 2. The standard InChI is InChI=1S/C35H34AsBrCl3N2O5/c1-22-27(5-3-6-30(22)45-10-4-9-37)33-28(38)8-7-25(34(33)40)19-47-32-13-31(46-18-24-11-23(15-41)16-42-17-24)26(12-29(32)39)14-36-35(2,20-43)21-44/h3,5-8,11-13,16-17,43-44H,4,9-10,14,18-21H2,1-2H3. The molecule has 0 aliphatic heterocycles. The molecule has 0 bridgehead atoms. The third kappa shape index (κ3) is 9.80. The molecule has 0 saturated heterocycles. The van der Waals surface area contributed by atoms with E-state index in [0.29, 0.717) is 55.1 Å². The molecule has 4 rings (SSSR count). The average Bonchev–Trinajstić information content (AvgIpc) is 3.08. The molecule has 0 atom stereocenters. The predicted octanol–water partition coefficient (Wildman–Crippen LogP) is 8.58. The Morgan fingerprint density at radius 1 is 0.915 bits per heavy atom. The van der Waals surface area contributed by atoms with Crippen LogP contribution < -0.4 is 14.2 Å². The molecule has 4 aromatic rings. The number of nitriles is 1. The van der Waals surface area contributed by atoms with Crippen molar-refractivity contribution >= 4 is 66.5 Å². The molecule has 0 spiro atoms. The van der Waals surface area contributed by atoms with Crippen molar-refractivity contribution in [1.82, 2.24) is 4.98 Å². The van der Waals surface area contributed by atoms with E-state index >= 15 is 0 Å². The third-order valence-electron chi connectivity index (χ3n) is 7.39. The Hall–Kier alpha value is -2.47. The Balaban J connectivity index is 1.61. The summed E-state index contributed by atoms with van der Waals surface area (Å²) in [7, 11) is 0. The SMILES string of the molecule is Cc1c(OCCCBr)cccc1-c1c(Cl)ccc(COc2cc(OCc3cncc(C#N)c3)c(C[As]C(C)(CO)CO)cc2Cl)c1Cl. The van der Waals surface area contributed by atoms with Crippen LogP contribution in [-0.4, -0.2) is 56.1 Å². The van der Waals surface area contributed by atoms with E-state index in [0.717, 1.165) is 39.8 Å². The van der Waals surface area contributed by atoms with Gasteiger partial charge in [0.2, 0.25) is 0 Å². The summed E-state index contributed by atoms with van der Waals surface area (Å²) in [4.78, 5) is 4.12. The van der Waals surface area contributed by atoms with Crippen molar-refractivity contribution in [1.29, 1.82) is 5.26 Å². The molecule has 0 aliphatic rings. The van der Waals surface area contributed by atoms with E-state index in [4.69, 9.17) is 49.0 Å². The Morgan fingerprint density at radius 2 is 1.68 bits per heavy atom. The van der Waals surface area contributed by atoms with Gasteiger partial charge in [-0.05, 0) is 19.4 Å². The first kappa shape index (κ1) is 37.3. The number of benzene rings is 3. The fourth-order valence-electron chi connectivity index (χ4n) is 4.55. The van der Waals surface area contributed by atoms with Crippen molar-refractivity contribution in [3.63, 3.8) is 0 Å². The van der Waals surface area contributed by atoms with Gasteiger partial charge in [0.1, 0.15) is 5.75 Å². The number of aromatic nitrogens is 1. The maximum absolute atomic E-state index is 9.84. The Morgan fingerprint density at radius 3 is 2.40 bits per heavy atom. The van der Waals surface area contributed by atoms with Crippen LogP contribution in [0.5, 0.6) is 17.2 Å². The van der Waals surface area contributed by atoms with Gasteiger partial charge in [0.05, 0.1) is 6.61 Å². The molecule has 47 heavy (non-hydrogen) atoms. The summed E-state index contributed by atoms with van der Waals surface area (Å²) in [6.07, 6.45) is 4.01. The topological polar surface area (TPSA) is 105 Å². The van der Waals surface area contributed by atoms with E-state index < -0.39 is 20.0 Å². The molecule has 247 valence electrons. The van der Waals surface area contributed by atoms with Gasteiger partial charge >= 0.3 is 244 Å². The first-order valence-electron chi connectivity index (χ1n) is 14.7. The van der Waals surface area contributed by atoms with Crippen molar-refractivity contribution in [3.8, 4) is 34.4 Å². The van der Waals surface area contributed by atoms with Gasteiger partial charge < -0.3 is 4.74 Å². The van der Waals surface area contributed by atoms with Crippen molar-refractivity contribution in [2.75, 3.05) is 25.2 Å². The average molecular weight is 824 g/mol. The summed E-state index contributed by atoms with van der Waals surface area (Å²) in [5.41, 5.74) is 5.18. The van der Waals surface area contributed by atoms with Crippen LogP contribution in [0.25, 0.3) is 11.1 Å². The number of nitrogens with zero attached hydrogens (tertiary/aromatic N) is 2. The van der Waals surface area contributed by atoms with Gasteiger partial charge in [-0.2, -0.15) is 0 Å². The van der Waals surface area contributed by atoms with Gasteiger partial charge in [-0.25, -0.2) is 0 Å². The van der Waals surface area contributed by atoms with Gasteiger partial charge in [0, 0.05) is 5.33 Å². The zero-order valence-electron chi connectivity index (χ0n) is 25.9. The van der Waals surface area contributed by atoms with Crippen LogP contribution in [0, 0.1) is 18.3 Å². The molecular formula is C35H34AsBrCl3N2O5. The van der Waals surface area contributed by atoms with Crippen LogP contribution in [0.2, 0.25) is 19.3 Å². The summed E-state index contributed by atoms with van der Waals surface area (Å²) in [6, 6.07) is 16.8. The van der Waals surface area contributed by atoms with Crippen LogP contribution in [0.3, 0.4) is 0 Å². The summed E-state index contributed by atoms with van der Waals surface area (Å²) in [6.45, 7) is 4.44. The molecule has 3 aromatic carbocycles. The first-order valence-corrected chi connectivity index (χ1v) is 19.2. The van der Waals surface area contributed by atoms with E-state index in [1.807, 2.05) is 38.1 Å². The minimum atomic E-state index is -0.582. The molecule has 7 nitrogen and oxygen atoms in total. The molecule has 0 aliphatic carbocycles. The molecule has 1 radical (unpaired) electrons. The van der Waals surface area contributed by atoms with Crippen molar-refractivity contribution in [2.24, 2.45) is 0 Å². The molecule has 12 heteroatoms. The van der Waals surface area contributed by atoms with E-state index in [1.165, 1.54) is 6.20 Å². The Labute approximate surface area is 305 Å². The summed E-state index contributed by atoms with van der Waals surface area (Å²) < 4.78 is 17.9. The Kier molecular flexibility index (Phi) is 14.1. The quantitative estimate of drug-likeness (QED) is 0.0663. The number of ether oxygens (including phenoxy) is 3. The number of hydrogen-bond acceptors (Lipinski definition) is 7. The molecular weight excluding hydrogens is 790 g/mol. The zero-order valence-corrected chi connectivity index (χ0v) is 31.6. The van der Waals surface area contributed by atoms with Crippen molar-refractivity contribution in [2.45, 2.75) is 42.9 Å². The maximum atomic E-state index is 9.84. The van der Waals surface area contributed by atoms with Gasteiger partial charge in [0.15, 0.2) is 0 Å². The zero-order chi connectivity index (χ0) is 34.0. The van der Waals surface area contributed by atoms with Gasteiger partial charge in [-0.15, -0.1) is 0 Å². The molecule has 1 heterocycles. The van der Waals surface area contributed by atoms with Crippen LogP contribution in [0.4, 0.5) is 0 Å². The van der Waals surface area contributed by atoms with E-state index in [9.17, 15) is 15.5 Å². The molecule has 1 aromatic heterocycles. The number of alkyl halides is 1. The first-order chi connectivity index (χ1) is 22.6. The summed E-state index contributed by atoms with van der Waals surface area (Å²) in [5.74, 6) is 1.70. The molecule has 0 fully saturated rings. The van der Waals surface area contributed by atoms with Crippen molar-refractivity contribution in [3.05, 3.63) is 104 Å². The Bertz CT molecular complexity index is 1730. The fourth-order valence-corrected chi connectivity index (χ4v) is 7.74. The third-order valence-corrected chi connectivity index (χ3v) is 12.2. The molecule has 2 N–H and O–H groups in total. The number of pyridine rings is 1. The van der Waals surface area contributed by atoms with Crippen LogP contribution in [0.1, 0.15) is 41.2 Å².